The van der Waals surface area contributed by atoms with Gasteiger partial charge in [0.05, 0.1) is 39.0 Å². The zero-order valence-corrected chi connectivity index (χ0v) is 39.1. The Morgan fingerprint density at radius 1 is 0.516 bits per heavy atom. The third-order valence-corrected chi connectivity index (χ3v) is 10.3. The highest BCUT2D eigenvalue weighted by atomic mass is 16.5. The van der Waals surface area contributed by atoms with Crippen molar-refractivity contribution in [3.63, 3.8) is 0 Å². The second kappa shape index (κ2) is 45.9. The van der Waals surface area contributed by atoms with Crippen LogP contribution in [0.1, 0.15) is 176 Å². The Morgan fingerprint density at radius 2 is 1.02 bits per heavy atom. The lowest BCUT2D eigenvalue weighted by molar-refractivity contribution is -0.144. The van der Waals surface area contributed by atoms with Gasteiger partial charge in [0.25, 0.3) is 0 Å². The summed E-state index contributed by atoms with van der Waals surface area (Å²) in [7, 11) is 1.86. The number of unbranched alkanes of at least 4 members (excludes halogenated alkanes) is 14. The van der Waals surface area contributed by atoms with E-state index in [4.69, 9.17) is 24.1 Å². The number of amides is 1. The van der Waals surface area contributed by atoms with Gasteiger partial charge in [-0.15, -0.1) is 0 Å². The first kappa shape index (κ1) is 61.0. The van der Waals surface area contributed by atoms with E-state index in [-0.39, 0.29) is 68.9 Å². The number of hydrogen-bond acceptors (Lipinski definition) is 12. The van der Waals surface area contributed by atoms with Crippen LogP contribution in [0.4, 0.5) is 0 Å². The number of carboxylic acid groups (broad SMARTS) is 2. The highest BCUT2D eigenvalue weighted by molar-refractivity contribution is 5.84. The first-order chi connectivity index (χ1) is 29.8. The van der Waals surface area contributed by atoms with Crippen molar-refractivity contribution in [2.75, 3.05) is 73.0 Å². The third-order valence-electron chi connectivity index (χ3n) is 10.3. The van der Waals surface area contributed by atoms with Crippen LogP contribution < -0.4 is 10.6 Å². The minimum absolute atomic E-state index is 0. The fraction of sp³-hybridized carbons (Fsp3) is 0.851. The molecule has 0 aliphatic carbocycles. The maximum absolute atomic E-state index is 12.0. The molecular formula is C47H88N2O13. The quantitative estimate of drug-likeness (QED) is 0.0430. The van der Waals surface area contributed by atoms with Crippen LogP contribution in [0.2, 0.25) is 0 Å². The van der Waals surface area contributed by atoms with Crippen LogP contribution in [0, 0.1) is 11.8 Å². The van der Waals surface area contributed by atoms with Crippen molar-refractivity contribution in [3.8, 4) is 0 Å². The molecule has 0 unspecified atom stereocenters. The molecule has 0 saturated heterocycles. The molecule has 0 bridgehead atoms. The van der Waals surface area contributed by atoms with Crippen LogP contribution >= 0.6 is 0 Å². The van der Waals surface area contributed by atoms with Gasteiger partial charge in [0, 0.05) is 59.1 Å². The largest absolute Gasteiger partial charge is 0.481 e. The molecule has 2 atom stereocenters. The Bertz CT molecular complexity index is 1170. The third kappa shape index (κ3) is 47.9. The number of carbonyl (C=O) groups is 7. The molecule has 0 radical (unpaired) electrons. The molecule has 15 heteroatoms. The molecule has 0 spiro atoms. The molecule has 15 nitrogen and oxygen atoms in total. The van der Waals surface area contributed by atoms with Gasteiger partial charge >= 0.3 is 11.9 Å². The van der Waals surface area contributed by atoms with Crippen LogP contribution in [0.15, 0.2) is 0 Å². The maximum Gasteiger partial charge on any atom is 0.306 e. The summed E-state index contributed by atoms with van der Waals surface area (Å²) in [4.78, 5) is 79.1. The first-order valence-electron chi connectivity index (χ1n) is 23.5. The topological polar surface area (TPSA) is 221 Å². The summed E-state index contributed by atoms with van der Waals surface area (Å²) in [5, 5.41) is 23.5. The molecule has 0 aromatic rings. The lowest BCUT2D eigenvalue weighted by Gasteiger charge is -2.10. The number of aliphatic carboxylic acids is 2. The summed E-state index contributed by atoms with van der Waals surface area (Å²) >= 11 is 0. The van der Waals surface area contributed by atoms with E-state index < -0.39 is 17.9 Å². The maximum atomic E-state index is 12.0. The second-order valence-electron chi connectivity index (χ2n) is 16.3. The predicted octanol–water partition coefficient (Wildman–Crippen LogP) is 7.72. The van der Waals surface area contributed by atoms with E-state index >= 15 is 0 Å². The Balaban J connectivity index is -0.00000112. The molecule has 0 aliphatic heterocycles. The zero-order chi connectivity index (χ0) is 46.5. The fourth-order valence-corrected chi connectivity index (χ4v) is 6.25. The number of likely N-dealkylation sites (N-methyl/N-ethyl adjacent to an activating group) is 1. The van der Waals surface area contributed by atoms with E-state index in [1.165, 1.54) is 58.3 Å². The number of ether oxygens (including phenoxy) is 4. The summed E-state index contributed by atoms with van der Waals surface area (Å²) in [6, 6.07) is 0. The Hall–Kier alpha value is -3.11. The van der Waals surface area contributed by atoms with Gasteiger partial charge in [0.15, 0.2) is 5.78 Å². The average molecular weight is 889 g/mol. The number of hydrogen-bond donors (Lipinski definition) is 4. The molecule has 0 aromatic heterocycles. The van der Waals surface area contributed by atoms with Gasteiger partial charge in [-0.1, -0.05) is 90.4 Å². The fourth-order valence-electron chi connectivity index (χ4n) is 6.25. The summed E-state index contributed by atoms with van der Waals surface area (Å²) in [6.07, 6.45) is 20.8. The van der Waals surface area contributed by atoms with Gasteiger partial charge in [-0.25, -0.2) is 0 Å². The smallest absolute Gasteiger partial charge is 0.306 e. The number of carboxylic acids is 2. The van der Waals surface area contributed by atoms with Crippen molar-refractivity contribution < 1.29 is 64.1 Å². The molecule has 0 heterocycles. The van der Waals surface area contributed by atoms with Crippen LogP contribution in [-0.2, 0) is 52.5 Å². The number of rotatable bonds is 46. The van der Waals surface area contributed by atoms with E-state index in [0.717, 1.165) is 64.3 Å². The minimum Gasteiger partial charge on any atom is -0.481 e. The SMILES string of the molecule is CC(=O)CC[C@H](CC(=O)CCCCCCCCCCCCCCCCC(=O)O)C(=O)O.CNCCOCCOCC(=O)CCCOCCOCC(=O)NCCCC[C@H](C)C(C)=O.[HH]. The first-order valence-corrected chi connectivity index (χ1v) is 23.5. The lowest BCUT2D eigenvalue weighted by atomic mass is 9.94. The molecule has 0 aliphatic rings. The Labute approximate surface area is 374 Å². The molecular weight excluding hydrogens is 801 g/mol. The van der Waals surface area contributed by atoms with Crippen LogP contribution in [0.25, 0.3) is 0 Å². The standard InChI is InChI=1S/C25H44O6.C22H42N2O7.H2/c1-21(26)18-19-22(25(30)31)20-23(27)16-14-12-10-8-6-4-2-3-5-7-9-11-13-15-17-24(28)29;1-19(20(2)25)7-4-5-9-24-22(27)18-31-16-13-28-11-6-8-21(26)17-30-15-14-29-12-10-23-3;/h22H,2-20H2,1H3,(H,28,29)(H,30,31);19,23H,4-18H2,1-3H3,(H,24,27);1H/t22-;19-;/m10./s1. The number of ketones is 4. The van der Waals surface area contributed by atoms with Crippen molar-refractivity contribution in [1.29, 1.82) is 0 Å². The van der Waals surface area contributed by atoms with Crippen molar-refractivity contribution in [2.45, 2.75) is 175 Å². The van der Waals surface area contributed by atoms with E-state index in [2.05, 4.69) is 10.6 Å². The second-order valence-corrected chi connectivity index (χ2v) is 16.3. The molecule has 0 rings (SSSR count). The number of nitrogens with one attached hydrogen (secondary N) is 2. The van der Waals surface area contributed by atoms with Gasteiger partial charge in [0.1, 0.15) is 30.6 Å². The normalized spacial score (nSPS) is 11.9. The van der Waals surface area contributed by atoms with E-state index in [1.807, 2.05) is 14.0 Å². The van der Waals surface area contributed by atoms with Crippen molar-refractivity contribution in [3.05, 3.63) is 0 Å². The summed E-state index contributed by atoms with van der Waals surface area (Å²) < 4.78 is 21.2. The van der Waals surface area contributed by atoms with Crippen LogP contribution in [-0.4, -0.2) is 124 Å². The molecule has 1 amide bonds. The number of Topliss-reactive ketones (excluding diaryl/α,β-unsaturated/α-hetero) is 4. The van der Waals surface area contributed by atoms with Gasteiger partial charge in [0.2, 0.25) is 5.91 Å². The predicted molar refractivity (Wildman–Crippen MR) is 242 cm³/mol. The molecule has 0 fully saturated rings. The zero-order valence-electron chi connectivity index (χ0n) is 39.1. The van der Waals surface area contributed by atoms with Gasteiger partial charge in [-0.05, 0) is 59.4 Å². The highest BCUT2D eigenvalue weighted by Crippen LogP contribution is 2.17. The Kier molecular flexibility index (Phi) is 45.1. The van der Waals surface area contributed by atoms with E-state index in [9.17, 15) is 38.7 Å². The average Bonchev–Trinajstić information content (AvgIpc) is 3.22. The van der Waals surface area contributed by atoms with Crippen LogP contribution in [0.3, 0.4) is 0 Å². The van der Waals surface area contributed by atoms with Crippen molar-refractivity contribution in [1.82, 2.24) is 10.6 Å². The van der Waals surface area contributed by atoms with E-state index in [1.54, 1.807) is 6.92 Å². The lowest BCUT2D eigenvalue weighted by Crippen LogP contribution is -2.29. The van der Waals surface area contributed by atoms with Crippen molar-refractivity contribution >= 4 is 41.0 Å². The minimum atomic E-state index is -0.981. The Morgan fingerprint density at radius 3 is 1.53 bits per heavy atom. The van der Waals surface area contributed by atoms with Gasteiger partial charge in [-0.2, -0.15) is 0 Å². The molecule has 364 valence electrons. The van der Waals surface area contributed by atoms with Gasteiger partial charge < -0.3 is 44.6 Å². The monoisotopic (exact) mass is 889 g/mol. The molecule has 62 heavy (non-hydrogen) atoms. The van der Waals surface area contributed by atoms with Gasteiger partial charge in [-0.3, -0.25) is 28.8 Å². The van der Waals surface area contributed by atoms with Crippen LogP contribution in [0.5, 0.6) is 0 Å². The molecule has 0 aromatic carbocycles. The summed E-state index contributed by atoms with van der Waals surface area (Å²) in [5.74, 6) is -2.26. The van der Waals surface area contributed by atoms with Crippen molar-refractivity contribution in [2.24, 2.45) is 11.8 Å². The summed E-state index contributed by atoms with van der Waals surface area (Å²) in [6.45, 7) is 9.15. The highest BCUT2D eigenvalue weighted by Gasteiger charge is 2.21. The number of carbonyl (C=O) groups excluding carboxylic acids is 5. The van der Waals surface area contributed by atoms with E-state index in [0.29, 0.717) is 71.9 Å². The molecule has 0 saturated carbocycles. The summed E-state index contributed by atoms with van der Waals surface area (Å²) in [5.41, 5.74) is 0. The molecule has 4 N–H and O–H groups in total.